The number of benzene rings is 1. The van der Waals surface area contributed by atoms with E-state index >= 15 is 0 Å². The summed E-state index contributed by atoms with van der Waals surface area (Å²) in [5, 5.41) is 8.26. The highest BCUT2D eigenvalue weighted by molar-refractivity contribution is 5.31. The minimum Gasteiger partial charge on any atom is -0.207 e. The number of halogens is 4. The van der Waals surface area contributed by atoms with Gasteiger partial charge in [0.05, 0.1) is 11.6 Å². The van der Waals surface area contributed by atoms with Crippen LogP contribution in [-0.4, -0.2) is 0 Å². The van der Waals surface area contributed by atoms with Gasteiger partial charge in [-0.1, -0.05) is 6.07 Å². The highest BCUT2D eigenvalue weighted by Crippen LogP contribution is 2.33. The molecule has 0 fully saturated rings. The predicted octanol–water partition coefficient (Wildman–Crippen LogP) is 3.30. The smallest absolute Gasteiger partial charge is 0.207 e. The van der Waals surface area contributed by atoms with Gasteiger partial charge in [-0.3, -0.25) is 0 Å². The molecule has 0 unspecified atom stereocenters. The van der Waals surface area contributed by atoms with Gasteiger partial charge in [-0.05, 0) is 18.6 Å². The molecule has 0 saturated heterocycles. The van der Waals surface area contributed by atoms with E-state index in [1.165, 1.54) is 0 Å². The molecule has 0 aromatic heterocycles. The standard InChI is InChI=1S/C10H7F4N/c11-9-5-1-4-8(10(12,13)14)7(9)3-2-6-15/h1,4-5H,2-3H2. The summed E-state index contributed by atoms with van der Waals surface area (Å²) in [6.45, 7) is 0. The van der Waals surface area contributed by atoms with Crippen LogP contribution in [0.5, 0.6) is 0 Å². The molecule has 0 atom stereocenters. The topological polar surface area (TPSA) is 23.8 Å². The molecule has 80 valence electrons. The first-order valence-electron chi connectivity index (χ1n) is 4.18. The fraction of sp³-hybridized carbons (Fsp3) is 0.300. The van der Waals surface area contributed by atoms with Crippen LogP contribution in [0.15, 0.2) is 18.2 Å². The van der Waals surface area contributed by atoms with Crippen LogP contribution in [0, 0.1) is 17.1 Å². The highest BCUT2D eigenvalue weighted by atomic mass is 19.4. The second kappa shape index (κ2) is 4.30. The van der Waals surface area contributed by atoms with Crippen molar-refractivity contribution in [3.05, 3.63) is 35.1 Å². The number of hydrogen-bond acceptors (Lipinski definition) is 1. The zero-order chi connectivity index (χ0) is 11.5. The van der Waals surface area contributed by atoms with Gasteiger partial charge >= 0.3 is 6.18 Å². The van der Waals surface area contributed by atoms with Crippen LogP contribution in [0.25, 0.3) is 0 Å². The third kappa shape index (κ3) is 2.69. The van der Waals surface area contributed by atoms with E-state index < -0.39 is 23.1 Å². The Hall–Kier alpha value is -1.57. The zero-order valence-corrected chi connectivity index (χ0v) is 7.61. The van der Waals surface area contributed by atoms with Crippen molar-refractivity contribution in [3.8, 4) is 6.07 Å². The van der Waals surface area contributed by atoms with E-state index in [9.17, 15) is 17.6 Å². The number of nitrogens with zero attached hydrogens (tertiary/aromatic N) is 1. The van der Waals surface area contributed by atoms with Crippen molar-refractivity contribution in [2.24, 2.45) is 0 Å². The zero-order valence-electron chi connectivity index (χ0n) is 7.61. The summed E-state index contributed by atoms with van der Waals surface area (Å²) in [5.74, 6) is -0.917. The van der Waals surface area contributed by atoms with Crippen LogP contribution < -0.4 is 0 Å². The lowest BCUT2D eigenvalue weighted by molar-refractivity contribution is -0.138. The van der Waals surface area contributed by atoms with E-state index in [2.05, 4.69) is 0 Å². The second-order valence-corrected chi connectivity index (χ2v) is 2.92. The van der Waals surface area contributed by atoms with Gasteiger partial charge in [0, 0.05) is 12.0 Å². The Morgan fingerprint density at radius 2 is 1.93 bits per heavy atom. The Kier molecular flexibility index (Phi) is 3.30. The molecule has 5 heteroatoms. The molecule has 0 aliphatic carbocycles. The van der Waals surface area contributed by atoms with Gasteiger partial charge in [0.1, 0.15) is 5.82 Å². The Balaban J connectivity index is 3.16. The van der Waals surface area contributed by atoms with E-state index in [0.29, 0.717) is 0 Å². The van der Waals surface area contributed by atoms with Crippen LogP contribution in [0.3, 0.4) is 0 Å². The van der Waals surface area contributed by atoms with Crippen LogP contribution in [0.2, 0.25) is 0 Å². The van der Waals surface area contributed by atoms with Crippen LogP contribution >= 0.6 is 0 Å². The lowest BCUT2D eigenvalue weighted by Crippen LogP contribution is -2.10. The summed E-state index contributed by atoms with van der Waals surface area (Å²) in [4.78, 5) is 0. The molecule has 0 radical (unpaired) electrons. The van der Waals surface area contributed by atoms with Crippen molar-refractivity contribution in [3.63, 3.8) is 0 Å². The monoisotopic (exact) mass is 217 g/mol. The Bertz CT molecular complexity index is 389. The first-order valence-corrected chi connectivity index (χ1v) is 4.18. The van der Waals surface area contributed by atoms with Crippen molar-refractivity contribution in [1.82, 2.24) is 0 Å². The number of rotatable bonds is 2. The van der Waals surface area contributed by atoms with Crippen LogP contribution in [-0.2, 0) is 12.6 Å². The summed E-state index contributed by atoms with van der Waals surface area (Å²) < 4.78 is 50.3. The molecular weight excluding hydrogens is 210 g/mol. The quantitative estimate of drug-likeness (QED) is 0.697. The molecule has 15 heavy (non-hydrogen) atoms. The SMILES string of the molecule is N#CCCc1c(F)cccc1C(F)(F)F. The molecule has 1 aromatic rings. The molecule has 0 aliphatic rings. The maximum Gasteiger partial charge on any atom is 0.416 e. The second-order valence-electron chi connectivity index (χ2n) is 2.92. The summed E-state index contributed by atoms with van der Waals surface area (Å²) in [6.07, 6.45) is -4.94. The Morgan fingerprint density at radius 1 is 1.27 bits per heavy atom. The number of hydrogen-bond donors (Lipinski definition) is 0. The van der Waals surface area contributed by atoms with Gasteiger partial charge in [-0.25, -0.2) is 4.39 Å². The van der Waals surface area contributed by atoms with Crippen molar-refractivity contribution < 1.29 is 17.6 Å². The summed E-state index contributed by atoms with van der Waals surface area (Å²) in [6, 6.07) is 4.47. The summed E-state index contributed by atoms with van der Waals surface area (Å²) in [7, 11) is 0. The van der Waals surface area contributed by atoms with Crippen molar-refractivity contribution in [2.75, 3.05) is 0 Å². The maximum atomic E-state index is 13.1. The Morgan fingerprint density at radius 3 is 2.47 bits per heavy atom. The molecule has 0 heterocycles. The van der Waals surface area contributed by atoms with Gasteiger partial charge in [-0.15, -0.1) is 0 Å². The Labute approximate surface area is 83.9 Å². The first-order chi connectivity index (χ1) is 6.96. The minimum atomic E-state index is -4.58. The molecular formula is C10H7F4N. The number of nitriles is 1. The van der Waals surface area contributed by atoms with Crippen molar-refractivity contribution >= 4 is 0 Å². The van der Waals surface area contributed by atoms with E-state index in [4.69, 9.17) is 5.26 Å². The molecule has 1 aromatic carbocycles. The van der Waals surface area contributed by atoms with E-state index in [1.54, 1.807) is 6.07 Å². The molecule has 0 saturated carbocycles. The van der Waals surface area contributed by atoms with Gasteiger partial charge < -0.3 is 0 Å². The van der Waals surface area contributed by atoms with E-state index in [1.807, 2.05) is 0 Å². The van der Waals surface area contributed by atoms with E-state index in [0.717, 1.165) is 18.2 Å². The average molecular weight is 217 g/mol. The molecule has 0 N–H and O–H groups in total. The maximum absolute atomic E-state index is 13.1. The molecule has 0 amide bonds. The molecule has 0 spiro atoms. The summed E-state index contributed by atoms with van der Waals surface area (Å²) in [5.41, 5.74) is -1.44. The summed E-state index contributed by atoms with van der Waals surface area (Å²) >= 11 is 0. The van der Waals surface area contributed by atoms with Gasteiger partial charge in [0.15, 0.2) is 0 Å². The van der Waals surface area contributed by atoms with E-state index in [-0.39, 0.29) is 12.8 Å². The third-order valence-electron chi connectivity index (χ3n) is 1.91. The molecule has 1 rings (SSSR count). The first kappa shape index (κ1) is 11.5. The average Bonchev–Trinajstić information content (AvgIpc) is 2.14. The van der Waals surface area contributed by atoms with Gasteiger partial charge in [-0.2, -0.15) is 18.4 Å². The lowest BCUT2D eigenvalue weighted by Gasteiger charge is -2.12. The van der Waals surface area contributed by atoms with Crippen molar-refractivity contribution in [2.45, 2.75) is 19.0 Å². The van der Waals surface area contributed by atoms with Gasteiger partial charge in [0.2, 0.25) is 0 Å². The molecule has 1 nitrogen and oxygen atoms in total. The minimum absolute atomic E-state index is 0.135. The predicted molar refractivity (Wildman–Crippen MR) is 45.3 cm³/mol. The largest absolute Gasteiger partial charge is 0.416 e. The lowest BCUT2D eigenvalue weighted by atomic mass is 10.0. The number of alkyl halides is 3. The molecule has 0 aliphatic heterocycles. The van der Waals surface area contributed by atoms with Crippen LogP contribution in [0.4, 0.5) is 17.6 Å². The van der Waals surface area contributed by atoms with Crippen LogP contribution in [0.1, 0.15) is 17.5 Å². The normalized spacial score (nSPS) is 11.1. The molecule has 0 bridgehead atoms. The fourth-order valence-electron chi connectivity index (χ4n) is 1.26. The van der Waals surface area contributed by atoms with Gasteiger partial charge in [0.25, 0.3) is 0 Å². The fourth-order valence-corrected chi connectivity index (χ4v) is 1.26. The third-order valence-corrected chi connectivity index (χ3v) is 1.91. The van der Waals surface area contributed by atoms with Crippen molar-refractivity contribution in [1.29, 1.82) is 5.26 Å². The highest BCUT2D eigenvalue weighted by Gasteiger charge is 2.34.